The Balaban J connectivity index is 1.70. The number of hydrogen-bond donors (Lipinski definition) is 2. The Hall–Kier alpha value is -4.03. The molecule has 0 radical (unpaired) electrons. The van der Waals surface area contributed by atoms with E-state index in [4.69, 9.17) is 6.42 Å². The molecule has 2 fully saturated rings. The Kier molecular flexibility index (Phi) is 8.54. The fourth-order valence-corrected chi connectivity index (χ4v) is 5.36. The van der Waals surface area contributed by atoms with Crippen molar-refractivity contribution >= 4 is 17.8 Å². The summed E-state index contributed by atoms with van der Waals surface area (Å²) in [6.45, 7) is 4.55. The first-order valence-electron chi connectivity index (χ1n) is 13.1. The van der Waals surface area contributed by atoms with Gasteiger partial charge in [-0.05, 0) is 36.1 Å². The maximum atomic E-state index is 13.9. The lowest BCUT2D eigenvalue weighted by molar-refractivity contribution is -0.191. The van der Waals surface area contributed by atoms with Crippen molar-refractivity contribution in [2.45, 2.75) is 57.9 Å². The largest absolute Gasteiger partial charge is 0.508 e. The predicted octanol–water partition coefficient (Wildman–Crippen LogP) is 2.56. The molecule has 0 aliphatic carbocycles. The number of carbonyl (C=O) groups excluding carboxylic acids is 3. The molecule has 9 heteroatoms. The zero-order valence-corrected chi connectivity index (χ0v) is 21.9. The number of hydrazine groups is 1. The van der Waals surface area contributed by atoms with Gasteiger partial charge in [0.25, 0.3) is 0 Å². The molecule has 2 N–H and O–H groups in total. The molecular formula is C29H35N5O4. The minimum absolute atomic E-state index is 0.0284. The maximum Gasteiger partial charge on any atom is 0.334 e. The van der Waals surface area contributed by atoms with Gasteiger partial charge in [0.2, 0.25) is 11.8 Å². The van der Waals surface area contributed by atoms with E-state index < -0.39 is 12.2 Å². The lowest BCUT2D eigenvalue weighted by atomic mass is 9.96. The van der Waals surface area contributed by atoms with Crippen LogP contribution in [0, 0.1) is 12.3 Å². The molecule has 2 saturated heterocycles. The molecule has 0 spiro atoms. The minimum Gasteiger partial charge on any atom is -0.508 e. The van der Waals surface area contributed by atoms with Crippen LogP contribution in [0.15, 0.2) is 54.6 Å². The van der Waals surface area contributed by atoms with Crippen LogP contribution in [0.1, 0.15) is 37.8 Å². The second-order valence-electron chi connectivity index (χ2n) is 9.64. The first-order valence-corrected chi connectivity index (χ1v) is 13.1. The van der Waals surface area contributed by atoms with Crippen molar-refractivity contribution in [3.63, 3.8) is 0 Å². The van der Waals surface area contributed by atoms with Crippen LogP contribution in [-0.2, 0) is 22.6 Å². The third-order valence-corrected chi connectivity index (χ3v) is 7.29. The summed E-state index contributed by atoms with van der Waals surface area (Å²) in [5, 5.41) is 15.8. The Morgan fingerprint density at radius 3 is 2.39 bits per heavy atom. The Bertz CT molecular complexity index is 1180. The number of hydrogen-bond acceptors (Lipinski definition) is 5. The molecule has 2 aliphatic rings. The number of terminal acetylenes is 1. The smallest absolute Gasteiger partial charge is 0.334 e. The summed E-state index contributed by atoms with van der Waals surface area (Å²) in [6.07, 6.45) is 6.69. The maximum absolute atomic E-state index is 13.9. The topological polar surface area (TPSA) is 96.4 Å². The van der Waals surface area contributed by atoms with E-state index in [0.717, 1.165) is 24.0 Å². The summed E-state index contributed by atoms with van der Waals surface area (Å²) in [5.74, 6) is 2.30. The van der Waals surface area contributed by atoms with Crippen LogP contribution in [0.4, 0.5) is 4.79 Å². The Morgan fingerprint density at radius 2 is 1.76 bits per heavy atom. The van der Waals surface area contributed by atoms with E-state index in [9.17, 15) is 19.5 Å². The van der Waals surface area contributed by atoms with Gasteiger partial charge in [0, 0.05) is 19.0 Å². The van der Waals surface area contributed by atoms with Gasteiger partial charge < -0.3 is 20.2 Å². The lowest BCUT2D eigenvalue weighted by Gasteiger charge is -2.56. The number of benzene rings is 2. The average molecular weight is 518 g/mol. The van der Waals surface area contributed by atoms with E-state index >= 15 is 0 Å². The van der Waals surface area contributed by atoms with E-state index in [0.29, 0.717) is 6.54 Å². The molecule has 0 aromatic heterocycles. The summed E-state index contributed by atoms with van der Waals surface area (Å²) in [4.78, 5) is 44.4. The SMILES string of the molecule is C#CCN1CC(=O)N2[C@@H](Cc3ccc(O)cc3)C(=O)N(C(CC)CC)C[C@@H]2N1C(=O)NCc1ccccc1. The van der Waals surface area contributed by atoms with Crippen molar-refractivity contribution in [1.82, 2.24) is 25.1 Å². The molecule has 0 bridgehead atoms. The fourth-order valence-electron chi connectivity index (χ4n) is 5.36. The number of nitrogens with one attached hydrogen (secondary N) is 1. The molecule has 200 valence electrons. The van der Waals surface area contributed by atoms with Crippen LogP contribution in [0.3, 0.4) is 0 Å². The van der Waals surface area contributed by atoms with Crippen molar-refractivity contribution in [3.8, 4) is 18.1 Å². The molecular weight excluding hydrogens is 482 g/mol. The molecule has 0 saturated carbocycles. The number of rotatable bonds is 8. The number of urea groups is 1. The van der Waals surface area contributed by atoms with Gasteiger partial charge in [0.15, 0.2) is 0 Å². The number of amides is 4. The van der Waals surface area contributed by atoms with E-state index in [-0.39, 0.29) is 55.7 Å². The highest BCUT2D eigenvalue weighted by molar-refractivity contribution is 5.92. The van der Waals surface area contributed by atoms with Crippen molar-refractivity contribution in [2.75, 3.05) is 19.6 Å². The molecule has 4 amide bonds. The highest BCUT2D eigenvalue weighted by Crippen LogP contribution is 2.30. The summed E-state index contributed by atoms with van der Waals surface area (Å²) >= 11 is 0. The molecule has 2 aromatic rings. The summed E-state index contributed by atoms with van der Waals surface area (Å²) in [7, 11) is 0. The molecule has 2 heterocycles. The van der Waals surface area contributed by atoms with Crippen molar-refractivity contribution in [1.29, 1.82) is 0 Å². The molecule has 4 rings (SSSR count). The van der Waals surface area contributed by atoms with Gasteiger partial charge in [-0.2, -0.15) is 5.01 Å². The number of phenolic OH excluding ortho intramolecular Hbond substituents is 1. The van der Waals surface area contributed by atoms with E-state index in [1.54, 1.807) is 34.2 Å². The monoisotopic (exact) mass is 517 g/mol. The van der Waals surface area contributed by atoms with Crippen LogP contribution in [0.2, 0.25) is 0 Å². The molecule has 9 nitrogen and oxygen atoms in total. The fraction of sp³-hybridized carbons (Fsp3) is 0.414. The normalized spacial score (nSPS) is 19.9. The van der Waals surface area contributed by atoms with Crippen LogP contribution < -0.4 is 5.32 Å². The average Bonchev–Trinajstić information content (AvgIpc) is 2.92. The number of phenols is 1. The van der Waals surface area contributed by atoms with Gasteiger partial charge in [0.1, 0.15) is 18.0 Å². The zero-order valence-electron chi connectivity index (χ0n) is 21.9. The standard InChI is InChI=1S/C29H35N5O4/c1-4-16-31-20-27(36)33-25(17-21-12-14-24(35)15-13-21)28(37)32(23(5-2)6-3)19-26(33)34(31)29(38)30-18-22-10-8-7-9-11-22/h1,7-15,23,25-26,35H,5-6,16-20H2,2-3H3,(H,30,38)/t25-,26-/m0/s1. The van der Waals surface area contributed by atoms with Crippen LogP contribution in [0.25, 0.3) is 0 Å². The first-order chi connectivity index (χ1) is 18.4. The number of aromatic hydroxyl groups is 1. The van der Waals surface area contributed by atoms with Gasteiger partial charge in [-0.25, -0.2) is 9.80 Å². The first kappa shape index (κ1) is 27.0. The van der Waals surface area contributed by atoms with Crippen molar-refractivity contribution in [3.05, 3.63) is 65.7 Å². The third kappa shape index (κ3) is 5.60. The number of piperazine rings is 1. The second kappa shape index (κ2) is 12.0. The van der Waals surface area contributed by atoms with Gasteiger partial charge in [-0.1, -0.05) is 62.2 Å². The quantitative estimate of drug-likeness (QED) is 0.525. The lowest BCUT2D eigenvalue weighted by Crippen LogP contribution is -2.77. The third-order valence-electron chi connectivity index (χ3n) is 7.29. The minimum atomic E-state index is -0.788. The van der Waals surface area contributed by atoms with Gasteiger partial charge in [-0.3, -0.25) is 9.59 Å². The molecule has 2 aromatic carbocycles. The van der Waals surface area contributed by atoms with Crippen molar-refractivity contribution in [2.24, 2.45) is 0 Å². The highest BCUT2D eigenvalue weighted by atomic mass is 16.3. The second-order valence-corrected chi connectivity index (χ2v) is 9.64. The van der Waals surface area contributed by atoms with Gasteiger partial charge in [-0.15, -0.1) is 6.42 Å². The number of nitrogens with zero attached hydrogens (tertiary/aromatic N) is 4. The molecule has 2 aliphatic heterocycles. The molecule has 2 atom stereocenters. The van der Waals surface area contributed by atoms with Crippen LogP contribution >= 0.6 is 0 Å². The van der Waals surface area contributed by atoms with Gasteiger partial charge >= 0.3 is 6.03 Å². The molecule has 0 unspecified atom stereocenters. The van der Waals surface area contributed by atoms with E-state index in [2.05, 4.69) is 11.2 Å². The number of fused-ring (bicyclic) bond motifs is 1. The number of carbonyl (C=O) groups is 3. The predicted molar refractivity (Wildman–Crippen MR) is 143 cm³/mol. The highest BCUT2D eigenvalue weighted by Gasteiger charge is 2.52. The van der Waals surface area contributed by atoms with E-state index in [1.807, 2.05) is 49.1 Å². The van der Waals surface area contributed by atoms with Crippen molar-refractivity contribution < 1.29 is 19.5 Å². The summed E-state index contributed by atoms with van der Waals surface area (Å²) < 4.78 is 0. The van der Waals surface area contributed by atoms with Crippen LogP contribution in [-0.4, -0.2) is 80.7 Å². The molecule has 38 heavy (non-hydrogen) atoms. The van der Waals surface area contributed by atoms with Crippen LogP contribution in [0.5, 0.6) is 5.75 Å². The Morgan fingerprint density at radius 1 is 1.08 bits per heavy atom. The van der Waals surface area contributed by atoms with Gasteiger partial charge in [0.05, 0.1) is 19.6 Å². The Labute approximate surface area is 224 Å². The van der Waals surface area contributed by atoms with E-state index in [1.165, 1.54) is 5.01 Å². The summed E-state index contributed by atoms with van der Waals surface area (Å²) in [6, 6.07) is 15.0. The zero-order chi connectivity index (χ0) is 27.2. The summed E-state index contributed by atoms with van der Waals surface area (Å²) in [5.41, 5.74) is 1.75.